The largest absolute Gasteiger partial charge is 0.351 e. The van der Waals surface area contributed by atoms with Crippen molar-refractivity contribution in [2.24, 2.45) is 5.73 Å². The van der Waals surface area contributed by atoms with Crippen molar-refractivity contribution < 1.29 is 9.59 Å². The molecule has 2 fully saturated rings. The van der Waals surface area contributed by atoms with Gasteiger partial charge in [-0.05, 0) is 42.9 Å². The van der Waals surface area contributed by atoms with Crippen molar-refractivity contribution in [1.82, 2.24) is 10.2 Å². The van der Waals surface area contributed by atoms with Crippen LogP contribution >= 0.6 is 0 Å². The summed E-state index contributed by atoms with van der Waals surface area (Å²) in [6.07, 6.45) is 4.59. The van der Waals surface area contributed by atoms with Crippen LogP contribution in [0.4, 0.5) is 4.79 Å². The van der Waals surface area contributed by atoms with Crippen LogP contribution < -0.4 is 11.1 Å². The van der Waals surface area contributed by atoms with Gasteiger partial charge in [0, 0.05) is 24.7 Å². The highest BCUT2D eigenvalue weighted by Crippen LogP contribution is 2.36. The van der Waals surface area contributed by atoms with Crippen LogP contribution in [-0.2, 0) is 0 Å². The third-order valence-electron chi connectivity index (χ3n) is 4.58. The number of carbonyl (C=O) groups excluding carboxylic acids is 2. The summed E-state index contributed by atoms with van der Waals surface area (Å²) in [5.74, 6) is 0.604. The average molecular weight is 287 g/mol. The number of urea groups is 1. The van der Waals surface area contributed by atoms with Gasteiger partial charge in [0.1, 0.15) is 0 Å². The molecule has 1 saturated carbocycles. The molecule has 3 N–H and O–H groups in total. The number of nitrogens with two attached hydrogens (primary N) is 1. The summed E-state index contributed by atoms with van der Waals surface area (Å²) in [6, 6.07) is 7.48. The first kappa shape index (κ1) is 13.9. The lowest BCUT2D eigenvalue weighted by Gasteiger charge is -2.25. The van der Waals surface area contributed by atoms with Crippen LogP contribution in [0.5, 0.6) is 0 Å². The second-order valence-electron chi connectivity index (χ2n) is 5.99. The molecule has 2 aliphatic rings. The maximum Gasteiger partial charge on any atom is 0.314 e. The zero-order valence-corrected chi connectivity index (χ0v) is 12.0. The fourth-order valence-electron chi connectivity index (χ4n) is 3.00. The van der Waals surface area contributed by atoms with Gasteiger partial charge in [0.2, 0.25) is 0 Å². The standard InChI is InChI=1S/C16H21N3O2/c17-16(21)19-9-8-14(10-19)18-15(20)13-6-4-12(5-7-13)11-2-1-3-11/h4-7,11,14H,1-3,8-10H2,(H2,17,21)(H,18,20). The Morgan fingerprint density at radius 1 is 1.14 bits per heavy atom. The van der Waals surface area contributed by atoms with Gasteiger partial charge < -0.3 is 16.0 Å². The highest BCUT2D eigenvalue weighted by Gasteiger charge is 2.26. The molecule has 1 heterocycles. The van der Waals surface area contributed by atoms with E-state index in [-0.39, 0.29) is 11.9 Å². The summed E-state index contributed by atoms with van der Waals surface area (Å²) in [4.78, 5) is 24.8. The minimum Gasteiger partial charge on any atom is -0.351 e. The van der Waals surface area contributed by atoms with E-state index in [1.807, 2.05) is 12.1 Å². The number of hydrogen-bond donors (Lipinski definition) is 2. The SMILES string of the molecule is NC(=O)N1CCC(NC(=O)c2ccc(C3CCC3)cc2)C1. The molecule has 1 aromatic rings. The lowest BCUT2D eigenvalue weighted by atomic mass is 9.80. The Morgan fingerprint density at radius 2 is 1.86 bits per heavy atom. The minimum absolute atomic E-state index is 0.00342. The van der Waals surface area contributed by atoms with Gasteiger partial charge in [0.05, 0.1) is 0 Å². The molecular weight excluding hydrogens is 266 g/mol. The summed E-state index contributed by atoms with van der Waals surface area (Å²) in [7, 11) is 0. The molecule has 5 heteroatoms. The van der Waals surface area contributed by atoms with Gasteiger partial charge >= 0.3 is 6.03 Å². The van der Waals surface area contributed by atoms with Gasteiger partial charge in [-0.25, -0.2) is 4.79 Å². The van der Waals surface area contributed by atoms with Crippen molar-refractivity contribution in [2.45, 2.75) is 37.6 Å². The van der Waals surface area contributed by atoms with E-state index in [1.165, 1.54) is 24.8 Å². The van der Waals surface area contributed by atoms with Gasteiger partial charge in [-0.2, -0.15) is 0 Å². The Labute approximate surface area is 124 Å². The second-order valence-corrected chi connectivity index (χ2v) is 5.99. The van der Waals surface area contributed by atoms with Crippen molar-refractivity contribution in [1.29, 1.82) is 0 Å². The molecule has 3 amide bonds. The van der Waals surface area contributed by atoms with Crippen LogP contribution in [0.2, 0.25) is 0 Å². The van der Waals surface area contributed by atoms with Gasteiger partial charge in [-0.3, -0.25) is 4.79 Å². The minimum atomic E-state index is -0.420. The van der Waals surface area contributed by atoms with E-state index in [0.29, 0.717) is 24.6 Å². The number of nitrogens with zero attached hydrogens (tertiary/aromatic N) is 1. The average Bonchev–Trinajstić information content (AvgIpc) is 2.86. The Balaban J connectivity index is 1.56. The summed E-state index contributed by atoms with van der Waals surface area (Å²) in [5.41, 5.74) is 7.25. The Hall–Kier alpha value is -2.04. The molecule has 0 radical (unpaired) electrons. The maximum atomic E-state index is 12.2. The van der Waals surface area contributed by atoms with Crippen LogP contribution in [-0.4, -0.2) is 36.0 Å². The molecule has 0 aromatic heterocycles. The number of primary amides is 1. The van der Waals surface area contributed by atoms with Crippen molar-refractivity contribution in [3.63, 3.8) is 0 Å². The molecule has 0 bridgehead atoms. The van der Waals surface area contributed by atoms with Gasteiger partial charge in [-0.1, -0.05) is 18.6 Å². The van der Waals surface area contributed by atoms with E-state index in [4.69, 9.17) is 5.73 Å². The van der Waals surface area contributed by atoms with Crippen molar-refractivity contribution in [3.05, 3.63) is 35.4 Å². The molecule has 1 saturated heterocycles. The number of benzene rings is 1. The summed E-state index contributed by atoms with van der Waals surface area (Å²) in [5, 5.41) is 2.97. The number of nitrogens with one attached hydrogen (secondary N) is 1. The van der Waals surface area contributed by atoms with E-state index in [0.717, 1.165) is 6.42 Å². The van der Waals surface area contributed by atoms with Crippen molar-refractivity contribution in [2.75, 3.05) is 13.1 Å². The second kappa shape index (κ2) is 5.76. The van der Waals surface area contributed by atoms with E-state index in [2.05, 4.69) is 17.4 Å². The number of rotatable bonds is 3. The first-order chi connectivity index (χ1) is 10.1. The fraction of sp³-hybridized carbons (Fsp3) is 0.500. The molecule has 0 spiro atoms. The number of hydrogen-bond acceptors (Lipinski definition) is 2. The number of amides is 3. The van der Waals surface area contributed by atoms with E-state index >= 15 is 0 Å². The smallest absolute Gasteiger partial charge is 0.314 e. The van der Waals surface area contributed by atoms with Crippen LogP contribution in [0.1, 0.15) is 47.5 Å². The monoisotopic (exact) mass is 287 g/mol. The topological polar surface area (TPSA) is 75.4 Å². The maximum absolute atomic E-state index is 12.2. The van der Waals surface area contributed by atoms with Crippen LogP contribution in [0.3, 0.4) is 0 Å². The van der Waals surface area contributed by atoms with Crippen molar-refractivity contribution >= 4 is 11.9 Å². The molecule has 21 heavy (non-hydrogen) atoms. The zero-order valence-electron chi connectivity index (χ0n) is 12.0. The summed E-state index contributed by atoms with van der Waals surface area (Å²) >= 11 is 0. The summed E-state index contributed by atoms with van der Waals surface area (Å²) in [6.45, 7) is 1.11. The van der Waals surface area contributed by atoms with Crippen molar-refractivity contribution in [3.8, 4) is 0 Å². The Kier molecular flexibility index (Phi) is 3.82. The van der Waals surface area contributed by atoms with Crippen LogP contribution in [0, 0.1) is 0 Å². The molecule has 1 aromatic carbocycles. The molecule has 5 nitrogen and oxygen atoms in total. The van der Waals surface area contributed by atoms with E-state index < -0.39 is 6.03 Å². The third kappa shape index (κ3) is 3.01. The Bertz CT molecular complexity index is 537. The summed E-state index contributed by atoms with van der Waals surface area (Å²) < 4.78 is 0. The lowest BCUT2D eigenvalue weighted by molar-refractivity contribution is 0.0938. The fourth-order valence-corrected chi connectivity index (χ4v) is 3.00. The predicted octanol–water partition coefficient (Wildman–Crippen LogP) is 1.84. The number of likely N-dealkylation sites (tertiary alicyclic amines) is 1. The first-order valence-electron chi connectivity index (χ1n) is 7.58. The van der Waals surface area contributed by atoms with Gasteiger partial charge in [-0.15, -0.1) is 0 Å². The van der Waals surface area contributed by atoms with Crippen LogP contribution in [0.15, 0.2) is 24.3 Å². The van der Waals surface area contributed by atoms with E-state index in [9.17, 15) is 9.59 Å². The van der Waals surface area contributed by atoms with Gasteiger partial charge in [0.25, 0.3) is 5.91 Å². The first-order valence-corrected chi connectivity index (χ1v) is 7.58. The third-order valence-corrected chi connectivity index (χ3v) is 4.58. The highest BCUT2D eigenvalue weighted by atomic mass is 16.2. The Morgan fingerprint density at radius 3 is 2.38 bits per heavy atom. The number of carbonyl (C=O) groups is 2. The molecule has 1 aliphatic heterocycles. The zero-order chi connectivity index (χ0) is 14.8. The lowest BCUT2D eigenvalue weighted by Crippen LogP contribution is -2.40. The molecule has 3 rings (SSSR count). The normalized spacial score (nSPS) is 21.9. The molecular formula is C16H21N3O2. The van der Waals surface area contributed by atoms with E-state index in [1.54, 1.807) is 4.90 Å². The molecule has 112 valence electrons. The molecule has 1 atom stereocenters. The van der Waals surface area contributed by atoms with Crippen LogP contribution in [0.25, 0.3) is 0 Å². The molecule has 1 unspecified atom stereocenters. The predicted molar refractivity (Wildman–Crippen MR) is 80.1 cm³/mol. The quantitative estimate of drug-likeness (QED) is 0.890. The highest BCUT2D eigenvalue weighted by molar-refractivity contribution is 5.94. The van der Waals surface area contributed by atoms with Gasteiger partial charge in [0.15, 0.2) is 0 Å². The molecule has 1 aliphatic carbocycles.